The van der Waals surface area contributed by atoms with Crippen LogP contribution in [-0.2, 0) is 38.0 Å². The molecule has 0 spiro atoms. The number of hydrogen-bond acceptors (Lipinski definition) is 15. The zero-order valence-corrected chi connectivity index (χ0v) is 42.9. The van der Waals surface area contributed by atoms with E-state index in [0.29, 0.717) is 19.3 Å². The fourth-order valence-electron chi connectivity index (χ4n) is 7.17. The molecule has 11 atom stereocenters. The van der Waals surface area contributed by atoms with Gasteiger partial charge in [-0.2, -0.15) is 0 Å². The Morgan fingerprint density at radius 2 is 0.903 bits per heavy atom. The summed E-state index contributed by atoms with van der Waals surface area (Å²) < 4.78 is 33.4. The first kappa shape index (κ1) is 64.0. The van der Waals surface area contributed by atoms with E-state index in [1.165, 1.54) is 6.42 Å². The molecule has 7 N–H and O–H groups in total. The fraction of sp³-hybridized carbons (Fsp3) is 0.614. The Bertz CT molecular complexity index is 1710. The number of esters is 2. The summed E-state index contributed by atoms with van der Waals surface area (Å²) in [6.07, 6.45) is 39.5. The zero-order valence-electron chi connectivity index (χ0n) is 42.9. The fourth-order valence-corrected chi connectivity index (χ4v) is 7.17. The van der Waals surface area contributed by atoms with E-state index in [0.717, 1.165) is 77.0 Å². The molecule has 0 radical (unpaired) electrons. The standard InChI is InChI=1S/C57H88O15/c1-3-5-7-9-11-13-15-17-19-21-22-24-26-28-30-32-34-36-38-40-49(60)70-45(42-67-48(59)39-37-35-33-31-29-27-25-23-20-18-16-14-12-10-8-6-4-2)43-68-56-55(66)53(64)51(62)47(72-56)44-69-57-54(65)52(63)50(61)46(41-58)71-57/h5,7-8,10-11,13-14,16-17,19-20,22-24,27-30,34,36,45-47,50-58,61-66H,3-4,6,9,12,15,18,21,25-26,31-33,35,37-44H2,1-2H3/b7-5+,10-8+,13-11+,16-14+,19-17+,23-20+,24-22+,29-27+,30-28+,36-34+/t45-,46+,47+,50-,51-,52?,53?,54?,55?,56+,57+/m1/s1. The molecule has 2 rings (SSSR count). The van der Waals surface area contributed by atoms with Gasteiger partial charge in [-0.15, -0.1) is 0 Å². The van der Waals surface area contributed by atoms with Crippen LogP contribution < -0.4 is 0 Å². The summed E-state index contributed by atoms with van der Waals surface area (Å²) in [6.45, 7) is 2.26. The van der Waals surface area contributed by atoms with Gasteiger partial charge in [0.05, 0.1) is 19.8 Å². The van der Waals surface area contributed by atoms with Crippen LogP contribution in [0.25, 0.3) is 0 Å². The molecule has 2 aliphatic heterocycles. The minimum absolute atomic E-state index is 0.0246. The van der Waals surface area contributed by atoms with E-state index in [1.807, 2.05) is 18.2 Å². The van der Waals surface area contributed by atoms with E-state index < -0.39 is 99.3 Å². The average molecular weight is 1010 g/mol. The topological polar surface area (TPSA) is 231 Å². The maximum atomic E-state index is 13.0. The molecule has 2 heterocycles. The largest absolute Gasteiger partial charge is 0.462 e. The molecule has 15 nitrogen and oxygen atoms in total. The Balaban J connectivity index is 1.86. The van der Waals surface area contributed by atoms with Crippen molar-refractivity contribution in [2.45, 2.75) is 197 Å². The van der Waals surface area contributed by atoms with Gasteiger partial charge >= 0.3 is 11.9 Å². The summed E-state index contributed by atoms with van der Waals surface area (Å²) >= 11 is 0. The number of hydrogen-bond donors (Lipinski definition) is 7. The van der Waals surface area contributed by atoms with Crippen LogP contribution in [-0.4, -0.2) is 142 Å². The lowest BCUT2D eigenvalue weighted by Crippen LogP contribution is -2.61. The van der Waals surface area contributed by atoms with Gasteiger partial charge in [0.2, 0.25) is 0 Å². The van der Waals surface area contributed by atoms with Crippen LogP contribution in [0.2, 0.25) is 0 Å². The number of ether oxygens (including phenoxy) is 6. The molecular formula is C57H88O15. The molecule has 0 saturated carbocycles. The van der Waals surface area contributed by atoms with E-state index in [4.69, 9.17) is 28.4 Å². The Kier molecular flexibility index (Phi) is 37.6. The summed E-state index contributed by atoms with van der Waals surface area (Å²) in [5.74, 6) is -1.07. The molecule has 2 saturated heterocycles. The van der Waals surface area contributed by atoms with Gasteiger partial charge in [-0.05, 0) is 89.9 Å². The summed E-state index contributed by atoms with van der Waals surface area (Å²) in [6, 6.07) is 0. The molecule has 0 amide bonds. The van der Waals surface area contributed by atoms with Crippen LogP contribution in [0.4, 0.5) is 0 Å². The first-order valence-corrected chi connectivity index (χ1v) is 26.1. The number of unbranched alkanes of at least 4 members (excludes halogenated alkanes) is 4. The molecule has 2 fully saturated rings. The van der Waals surface area contributed by atoms with Crippen molar-refractivity contribution < 1.29 is 73.8 Å². The highest BCUT2D eigenvalue weighted by Gasteiger charge is 2.47. The van der Waals surface area contributed by atoms with Crippen molar-refractivity contribution in [2.75, 3.05) is 26.4 Å². The predicted octanol–water partition coefficient (Wildman–Crippen LogP) is 7.71. The van der Waals surface area contributed by atoms with Crippen molar-refractivity contribution in [2.24, 2.45) is 0 Å². The van der Waals surface area contributed by atoms with Gasteiger partial charge < -0.3 is 64.2 Å². The number of aliphatic hydroxyl groups excluding tert-OH is 7. The second kappa shape index (κ2) is 42.3. The van der Waals surface area contributed by atoms with Crippen molar-refractivity contribution in [3.05, 3.63) is 122 Å². The summed E-state index contributed by atoms with van der Waals surface area (Å²) in [5, 5.41) is 72.1. The molecule has 15 heteroatoms. The molecular weight excluding hydrogens is 925 g/mol. The maximum absolute atomic E-state index is 13.0. The maximum Gasteiger partial charge on any atom is 0.306 e. The van der Waals surface area contributed by atoms with Crippen LogP contribution in [0, 0.1) is 0 Å². The number of rotatable bonds is 38. The summed E-state index contributed by atoms with van der Waals surface area (Å²) in [7, 11) is 0. The molecule has 72 heavy (non-hydrogen) atoms. The Morgan fingerprint density at radius 1 is 0.458 bits per heavy atom. The first-order chi connectivity index (χ1) is 35.0. The molecule has 0 aliphatic carbocycles. The van der Waals surface area contributed by atoms with Crippen molar-refractivity contribution in [1.82, 2.24) is 0 Å². The lowest BCUT2D eigenvalue weighted by molar-refractivity contribution is -0.332. The van der Waals surface area contributed by atoms with E-state index in [2.05, 4.69) is 117 Å². The van der Waals surface area contributed by atoms with Gasteiger partial charge in [0.1, 0.15) is 55.4 Å². The molecule has 2 aliphatic rings. The third kappa shape index (κ3) is 29.6. The lowest BCUT2D eigenvalue weighted by Gasteiger charge is -2.42. The minimum Gasteiger partial charge on any atom is -0.462 e. The Morgan fingerprint density at radius 3 is 1.40 bits per heavy atom. The second-order valence-electron chi connectivity index (χ2n) is 17.6. The highest BCUT2D eigenvalue weighted by Crippen LogP contribution is 2.26. The zero-order chi connectivity index (χ0) is 52.4. The summed E-state index contributed by atoms with van der Waals surface area (Å²) in [4.78, 5) is 25.8. The highest BCUT2D eigenvalue weighted by molar-refractivity contribution is 5.70. The van der Waals surface area contributed by atoms with Crippen LogP contribution in [0.1, 0.15) is 129 Å². The molecule has 0 aromatic rings. The van der Waals surface area contributed by atoms with Crippen LogP contribution in [0.3, 0.4) is 0 Å². The quantitative estimate of drug-likeness (QED) is 0.0178. The second-order valence-corrected chi connectivity index (χ2v) is 17.6. The normalized spacial score (nSPS) is 26.0. The van der Waals surface area contributed by atoms with Crippen LogP contribution in [0.5, 0.6) is 0 Å². The Hall–Kier alpha value is -4.10. The molecule has 406 valence electrons. The van der Waals surface area contributed by atoms with Crippen LogP contribution >= 0.6 is 0 Å². The number of aliphatic hydroxyl groups is 7. The SMILES string of the molecule is CC/C=C/C/C=C/C/C=C/C/C=C/C/C=C/C/C=C/CCC(=O)O[C@H](COC(=O)CCCCC/C=C/C/C=C/C/C=C/C/C=C/CCC)CO[C@H]1O[C@@H](CO[C@H]2O[C@@H](CO)[C@@H](O)C(O)C2O)[C@@H](O)C(O)C1O. The number of carbonyl (C=O) groups is 2. The van der Waals surface area contributed by atoms with Crippen LogP contribution in [0.15, 0.2) is 122 Å². The van der Waals surface area contributed by atoms with E-state index in [-0.39, 0.29) is 19.4 Å². The average Bonchev–Trinajstić information content (AvgIpc) is 3.37. The van der Waals surface area contributed by atoms with Crippen molar-refractivity contribution in [1.29, 1.82) is 0 Å². The minimum atomic E-state index is -1.79. The lowest BCUT2D eigenvalue weighted by atomic mass is 9.98. The first-order valence-electron chi connectivity index (χ1n) is 26.1. The van der Waals surface area contributed by atoms with Crippen molar-refractivity contribution in [3.63, 3.8) is 0 Å². The highest BCUT2D eigenvalue weighted by atomic mass is 16.7. The third-order valence-electron chi connectivity index (χ3n) is 11.4. The van der Waals surface area contributed by atoms with Gasteiger partial charge in [-0.1, -0.05) is 148 Å². The van der Waals surface area contributed by atoms with E-state index in [9.17, 15) is 45.3 Å². The smallest absolute Gasteiger partial charge is 0.306 e. The van der Waals surface area contributed by atoms with Crippen molar-refractivity contribution in [3.8, 4) is 0 Å². The molecule has 0 aromatic heterocycles. The number of carbonyl (C=O) groups excluding carboxylic acids is 2. The van der Waals surface area contributed by atoms with Gasteiger partial charge in [-0.25, -0.2) is 0 Å². The third-order valence-corrected chi connectivity index (χ3v) is 11.4. The monoisotopic (exact) mass is 1010 g/mol. The van der Waals surface area contributed by atoms with Gasteiger partial charge in [0.25, 0.3) is 0 Å². The van der Waals surface area contributed by atoms with Gasteiger partial charge in [0, 0.05) is 12.8 Å². The van der Waals surface area contributed by atoms with Gasteiger partial charge in [-0.3, -0.25) is 9.59 Å². The van der Waals surface area contributed by atoms with Crippen molar-refractivity contribution >= 4 is 11.9 Å². The Labute approximate surface area is 429 Å². The predicted molar refractivity (Wildman–Crippen MR) is 279 cm³/mol. The van der Waals surface area contributed by atoms with E-state index in [1.54, 1.807) is 0 Å². The van der Waals surface area contributed by atoms with E-state index >= 15 is 0 Å². The molecule has 0 aromatic carbocycles. The molecule has 0 bridgehead atoms. The van der Waals surface area contributed by atoms with Gasteiger partial charge in [0.15, 0.2) is 18.7 Å². The molecule has 4 unspecified atom stereocenters. The number of allylic oxidation sites excluding steroid dienone is 20. The summed E-state index contributed by atoms with van der Waals surface area (Å²) in [5.41, 5.74) is 0.